The van der Waals surface area contributed by atoms with E-state index in [9.17, 15) is 8.42 Å². The van der Waals surface area contributed by atoms with Crippen LogP contribution in [0.4, 0.5) is 5.69 Å². The standard InChI is InChI=1S/C26H31N5O6S/c1-5-14-35-24-27-25(36-15-6-2)29-26(28-24)37-18-19-17-31(13-16-34-19)38(32,33)23-12-8-9-20-21(23)10-7-11-22(20)30(3)4/h5-12,19H,1-2,13-18H2,3-4H3. The summed E-state index contributed by atoms with van der Waals surface area (Å²) in [6, 6.07) is 11.0. The number of anilines is 1. The number of rotatable bonds is 12. The number of sulfonamides is 1. The van der Waals surface area contributed by atoms with Gasteiger partial charge in [0.05, 0.1) is 11.5 Å². The molecule has 4 rings (SSSR count). The molecule has 1 aliphatic rings. The smallest absolute Gasteiger partial charge is 0.326 e. The van der Waals surface area contributed by atoms with E-state index in [1.54, 1.807) is 24.3 Å². The molecule has 0 bridgehead atoms. The molecule has 3 aromatic rings. The summed E-state index contributed by atoms with van der Waals surface area (Å²) in [6.07, 6.45) is 2.56. The molecule has 202 valence electrons. The Labute approximate surface area is 222 Å². The van der Waals surface area contributed by atoms with Crippen molar-refractivity contribution in [1.82, 2.24) is 19.3 Å². The van der Waals surface area contributed by atoms with Crippen molar-refractivity contribution in [1.29, 1.82) is 0 Å². The summed E-state index contributed by atoms with van der Waals surface area (Å²) in [4.78, 5) is 14.5. The van der Waals surface area contributed by atoms with Crippen LogP contribution in [0.1, 0.15) is 0 Å². The average Bonchev–Trinajstić information content (AvgIpc) is 2.93. The van der Waals surface area contributed by atoms with E-state index in [0.29, 0.717) is 5.39 Å². The van der Waals surface area contributed by atoms with Crippen LogP contribution in [-0.2, 0) is 14.8 Å². The fourth-order valence-corrected chi connectivity index (χ4v) is 5.64. The van der Waals surface area contributed by atoms with Crippen molar-refractivity contribution in [2.45, 2.75) is 11.0 Å². The van der Waals surface area contributed by atoms with E-state index >= 15 is 0 Å². The summed E-state index contributed by atoms with van der Waals surface area (Å²) in [6.45, 7) is 8.15. The van der Waals surface area contributed by atoms with Gasteiger partial charge < -0.3 is 23.8 Å². The Kier molecular flexibility index (Phi) is 8.77. The van der Waals surface area contributed by atoms with Crippen molar-refractivity contribution in [3.05, 3.63) is 61.7 Å². The normalized spacial score (nSPS) is 16.1. The van der Waals surface area contributed by atoms with Crippen molar-refractivity contribution < 1.29 is 27.4 Å². The van der Waals surface area contributed by atoms with Crippen molar-refractivity contribution in [3.63, 3.8) is 0 Å². The molecule has 0 aliphatic carbocycles. The molecule has 1 saturated heterocycles. The number of nitrogens with zero attached hydrogens (tertiary/aromatic N) is 5. The fraction of sp³-hybridized carbons (Fsp3) is 0.346. The summed E-state index contributed by atoms with van der Waals surface area (Å²) in [5.41, 5.74) is 0.943. The molecule has 0 N–H and O–H groups in total. The lowest BCUT2D eigenvalue weighted by Crippen LogP contribution is -2.47. The van der Waals surface area contributed by atoms with Gasteiger partial charge in [0.15, 0.2) is 0 Å². The number of hydrogen-bond acceptors (Lipinski definition) is 10. The molecule has 2 aromatic carbocycles. The molecule has 11 nitrogen and oxygen atoms in total. The van der Waals surface area contributed by atoms with Crippen LogP contribution in [0, 0.1) is 0 Å². The van der Waals surface area contributed by atoms with Crippen LogP contribution in [0.3, 0.4) is 0 Å². The molecule has 1 fully saturated rings. The third-order valence-electron chi connectivity index (χ3n) is 5.69. The molecule has 1 aliphatic heterocycles. The molecule has 2 heterocycles. The third kappa shape index (κ3) is 6.21. The fourth-order valence-electron chi connectivity index (χ4n) is 3.98. The van der Waals surface area contributed by atoms with Crippen molar-refractivity contribution in [2.75, 3.05) is 58.5 Å². The van der Waals surface area contributed by atoms with E-state index < -0.39 is 16.1 Å². The van der Waals surface area contributed by atoms with Gasteiger partial charge in [0.25, 0.3) is 0 Å². The molecule has 0 radical (unpaired) electrons. The van der Waals surface area contributed by atoms with Gasteiger partial charge in [-0.2, -0.15) is 4.31 Å². The van der Waals surface area contributed by atoms with E-state index in [1.807, 2.05) is 43.3 Å². The summed E-state index contributed by atoms with van der Waals surface area (Å²) in [5, 5.41) is 1.53. The van der Waals surface area contributed by atoms with E-state index in [4.69, 9.17) is 18.9 Å². The zero-order chi connectivity index (χ0) is 27.1. The first-order valence-electron chi connectivity index (χ1n) is 12.0. The van der Waals surface area contributed by atoms with Crippen LogP contribution >= 0.6 is 0 Å². The minimum Gasteiger partial charge on any atom is -0.460 e. The van der Waals surface area contributed by atoms with Crippen LogP contribution in [0.2, 0.25) is 0 Å². The van der Waals surface area contributed by atoms with Gasteiger partial charge in [0, 0.05) is 43.6 Å². The maximum Gasteiger partial charge on any atom is 0.326 e. The molecule has 0 spiro atoms. The summed E-state index contributed by atoms with van der Waals surface area (Å²) < 4.78 is 51.2. The zero-order valence-electron chi connectivity index (χ0n) is 21.4. The first-order chi connectivity index (χ1) is 18.3. The number of hydrogen-bond donors (Lipinski definition) is 0. The number of ether oxygens (including phenoxy) is 4. The van der Waals surface area contributed by atoms with Gasteiger partial charge in [-0.25, -0.2) is 8.42 Å². The Hall–Kier alpha value is -3.74. The van der Waals surface area contributed by atoms with Crippen LogP contribution in [0.25, 0.3) is 10.8 Å². The number of aromatic nitrogens is 3. The van der Waals surface area contributed by atoms with E-state index in [0.717, 1.165) is 11.1 Å². The van der Waals surface area contributed by atoms with Crippen molar-refractivity contribution >= 4 is 26.5 Å². The van der Waals surface area contributed by atoms with Gasteiger partial charge in [-0.15, -0.1) is 15.0 Å². The highest BCUT2D eigenvalue weighted by atomic mass is 32.2. The van der Waals surface area contributed by atoms with E-state index in [1.165, 1.54) is 4.31 Å². The van der Waals surface area contributed by atoms with Gasteiger partial charge in [-0.3, -0.25) is 0 Å². The Bertz CT molecular complexity index is 1370. The van der Waals surface area contributed by atoms with Crippen LogP contribution in [-0.4, -0.2) is 87.4 Å². The quantitative estimate of drug-likeness (QED) is 0.317. The lowest BCUT2D eigenvalue weighted by Gasteiger charge is -2.32. The van der Waals surface area contributed by atoms with Crippen molar-refractivity contribution in [3.8, 4) is 18.0 Å². The lowest BCUT2D eigenvalue weighted by atomic mass is 10.1. The molecule has 0 amide bonds. The Morgan fingerprint density at radius 3 is 2.21 bits per heavy atom. The summed E-state index contributed by atoms with van der Waals surface area (Å²) in [7, 11) is 0.0556. The minimum atomic E-state index is -3.80. The topological polar surface area (TPSA) is 116 Å². The summed E-state index contributed by atoms with van der Waals surface area (Å²) in [5.74, 6) is 0. The highest BCUT2D eigenvalue weighted by Gasteiger charge is 2.32. The Balaban J connectivity index is 1.50. The zero-order valence-corrected chi connectivity index (χ0v) is 22.3. The van der Waals surface area contributed by atoms with Crippen molar-refractivity contribution in [2.24, 2.45) is 0 Å². The first-order valence-corrected chi connectivity index (χ1v) is 13.4. The number of morpholine rings is 1. The predicted octanol–water partition coefficient (Wildman–Crippen LogP) is 2.69. The predicted molar refractivity (Wildman–Crippen MR) is 143 cm³/mol. The maximum absolute atomic E-state index is 13.7. The Morgan fingerprint density at radius 2 is 1.58 bits per heavy atom. The highest BCUT2D eigenvalue weighted by molar-refractivity contribution is 7.89. The molecule has 12 heteroatoms. The molecular weight excluding hydrogens is 510 g/mol. The van der Waals surface area contributed by atoms with E-state index in [-0.39, 0.29) is 62.4 Å². The third-order valence-corrected chi connectivity index (χ3v) is 7.62. The molecule has 1 atom stereocenters. The molecule has 0 saturated carbocycles. The molecule has 1 unspecified atom stereocenters. The Morgan fingerprint density at radius 1 is 0.974 bits per heavy atom. The molecular formula is C26H31N5O6S. The minimum absolute atomic E-state index is 0.00998. The van der Waals surface area contributed by atoms with Gasteiger partial charge in [0.2, 0.25) is 10.0 Å². The van der Waals surface area contributed by atoms with E-state index in [2.05, 4.69) is 28.1 Å². The lowest BCUT2D eigenvalue weighted by molar-refractivity contribution is -0.0267. The average molecular weight is 542 g/mol. The van der Waals surface area contributed by atoms with Crippen LogP contribution < -0.4 is 19.1 Å². The van der Waals surface area contributed by atoms with Crippen LogP contribution in [0.5, 0.6) is 18.0 Å². The SMILES string of the molecule is C=CCOc1nc(OCC=C)nc(OCC2CN(S(=O)(=O)c3cccc4c(N(C)C)cccc34)CCO2)n1. The second-order valence-corrected chi connectivity index (χ2v) is 10.5. The highest BCUT2D eigenvalue weighted by Crippen LogP contribution is 2.32. The molecule has 38 heavy (non-hydrogen) atoms. The van der Waals surface area contributed by atoms with Gasteiger partial charge in [-0.05, 0) is 12.1 Å². The second-order valence-electron chi connectivity index (χ2n) is 8.57. The second kappa shape index (κ2) is 12.2. The number of fused-ring (bicyclic) bond motifs is 1. The summed E-state index contributed by atoms with van der Waals surface area (Å²) >= 11 is 0. The van der Waals surface area contributed by atoms with Gasteiger partial charge in [0.1, 0.15) is 25.9 Å². The van der Waals surface area contributed by atoms with Gasteiger partial charge >= 0.3 is 18.0 Å². The number of benzene rings is 2. The monoisotopic (exact) mass is 541 g/mol. The largest absolute Gasteiger partial charge is 0.460 e. The maximum atomic E-state index is 13.7. The molecule has 1 aromatic heterocycles. The van der Waals surface area contributed by atoms with Crippen LogP contribution in [0.15, 0.2) is 66.6 Å². The van der Waals surface area contributed by atoms with Gasteiger partial charge in [-0.1, -0.05) is 49.6 Å². The first kappa shape index (κ1) is 27.3.